The van der Waals surface area contributed by atoms with Gasteiger partial charge >= 0.3 is 5.78 Å². The molecule has 4 aromatic heterocycles. The van der Waals surface area contributed by atoms with Crippen LogP contribution < -0.4 is 0 Å². The third kappa shape index (κ3) is 2.49. The fourth-order valence-corrected chi connectivity index (χ4v) is 6.04. The highest BCUT2D eigenvalue weighted by Gasteiger charge is 2.25. The minimum atomic E-state index is 0.541. The molecule has 0 saturated heterocycles. The molecule has 0 saturated carbocycles. The summed E-state index contributed by atoms with van der Waals surface area (Å²) >= 11 is 0. The van der Waals surface area contributed by atoms with Crippen LogP contribution in [-0.4, -0.2) is 4.57 Å². The van der Waals surface area contributed by atoms with E-state index in [1.165, 1.54) is 0 Å². The van der Waals surface area contributed by atoms with Crippen molar-refractivity contribution in [2.75, 3.05) is 0 Å². The van der Waals surface area contributed by atoms with E-state index >= 15 is 0 Å². The molecule has 4 heterocycles. The second kappa shape index (κ2) is 7.17. The van der Waals surface area contributed by atoms with Gasteiger partial charge in [0.25, 0.3) is 0 Å². The maximum Gasteiger partial charge on any atom is 0.300 e. The molecule has 0 bridgehead atoms. The zero-order chi connectivity index (χ0) is 24.8. The topological polar surface area (TPSA) is 44.4 Å². The van der Waals surface area contributed by atoms with Gasteiger partial charge in [-0.15, -0.1) is 0 Å². The minimum absolute atomic E-state index is 0.541. The SMILES string of the molecule is c1ccc(-c2cccc3c2oc2c(-n4c5ccccc5c5c6c(oc7ccccc76)oc54)cccc23)cc1. The van der Waals surface area contributed by atoms with Gasteiger partial charge in [0, 0.05) is 27.1 Å². The summed E-state index contributed by atoms with van der Waals surface area (Å²) in [6.45, 7) is 0. The van der Waals surface area contributed by atoms with Gasteiger partial charge in [-0.3, -0.25) is 4.57 Å². The van der Waals surface area contributed by atoms with Crippen molar-refractivity contribution in [1.82, 2.24) is 4.57 Å². The molecule has 0 atom stereocenters. The van der Waals surface area contributed by atoms with Crippen molar-refractivity contribution < 1.29 is 13.3 Å². The number of furan rings is 3. The standard InChI is InChI=1S/C34H19NO3/c1-2-10-20(11-3-1)21-14-8-15-22-23-16-9-18-27(32(23)37-31(21)22)35-26-17-6-4-12-24(26)29-30-25-13-5-7-19-28(25)36-34(30)38-33(29)35/h1-19H. The number of hydrogen-bond donors (Lipinski definition) is 0. The predicted molar refractivity (Wildman–Crippen MR) is 153 cm³/mol. The lowest BCUT2D eigenvalue weighted by Crippen LogP contribution is -1.93. The van der Waals surface area contributed by atoms with Crippen LogP contribution in [0.2, 0.25) is 0 Å². The molecule has 0 unspecified atom stereocenters. The summed E-state index contributed by atoms with van der Waals surface area (Å²) in [6, 6.07) is 39.6. The molecule has 9 aromatic rings. The van der Waals surface area contributed by atoms with E-state index < -0.39 is 0 Å². The smallest absolute Gasteiger partial charge is 0.300 e. The third-order valence-corrected chi connectivity index (χ3v) is 7.66. The molecule has 0 fully saturated rings. The maximum absolute atomic E-state index is 6.73. The van der Waals surface area contributed by atoms with Crippen LogP contribution in [0.15, 0.2) is 129 Å². The summed E-state index contributed by atoms with van der Waals surface area (Å²) in [6.07, 6.45) is 0. The van der Waals surface area contributed by atoms with E-state index in [-0.39, 0.29) is 0 Å². The van der Waals surface area contributed by atoms with Crippen molar-refractivity contribution in [3.63, 3.8) is 0 Å². The van der Waals surface area contributed by atoms with Crippen molar-refractivity contribution >= 4 is 66.1 Å². The molecule has 5 aromatic carbocycles. The first kappa shape index (κ1) is 19.9. The molecule has 4 heteroatoms. The Morgan fingerprint density at radius 1 is 0.474 bits per heavy atom. The molecule has 0 aliphatic heterocycles. The summed E-state index contributed by atoms with van der Waals surface area (Å²) in [7, 11) is 0. The maximum atomic E-state index is 6.73. The van der Waals surface area contributed by atoms with Gasteiger partial charge < -0.3 is 13.3 Å². The Kier molecular flexibility index (Phi) is 3.76. The lowest BCUT2D eigenvalue weighted by Gasteiger charge is -2.06. The molecule has 9 rings (SSSR count). The highest BCUT2D eigenvalue weighted by Crippen LogP contribution is 2.45. The predicted octanol–water partition coefficient (Wildman–Crippen LogP) is 9.84. The van der Waals surface area contributed by atoms with Crippen molar-refractivity contribution in [3.8, 4) is 16.8 Å². The van der Waals surface area contributed by atoms with Crippen LogP contribution in [0.1, 0.15) is 0 Å². The van der Waals surface area contributed by atoms with Crippen molar-refractivity contribution in [1.29, 1.82) is 0 Å². The first-order valence-electron chi connectivity index (χ1n) is 12.7. The molecule has 178 valence electrons. The molecule has 4 nitrogen and oxygen atoms in total. The van der Waals surface area contributed by atoms with Crippen LogP contribution in [0.5, 0.6) is 0 Å². The number of rotatable bonds is 2. The Morgan fingerprint density at radius 2 is 1.18 bits per heavy atom. The molecule has 0 N–H and O–H groups in total. The van der Waals surface area contributed by atoms with E-state index in [1.807, 2.05) is 24.3 Å². The fourth-order valence-electron chi connectivity index (χ4n) is 6.04. The van der Waals surface area contributed by atoms with Crippen molar-refractivity contribution in [2.24, 2.45) is 0 Å². The van der Waals surface area contributed by atoms with Gasteiger partial charge in [-0.2, -0.15) is 0 Å². The van der Waals surface area contributed by atoms with E-state index in [4.69, 9.17) is 13.3 Å². The van der Waals surface area contributed by atoms with E-state index in [0.717, 1.165) is 77.1 Å². The second-order valence-electron chi connectivity index (χ2n) is 9.70. The quantitative estimate of drug-likeness (QED) is 0.243. The Balaban J connectivity index is 1.42. The van der Waals surface area contributed by atoms with Crippen LogP contribution in [0, 0.1) is 0 Å². The van der Waals surface area contributed by atoms with Crippen LogP contribution in [0.3, 0.4) is 0 Å². The fraction of sp³-hybridized carbons (Fsp3) is 0. The molecular formula is C34H19NO3. The zero-order valence-corrected chi connectivity index (χ0v) is 20.1. The third-order valence-electron chi connectivity index (χ3n) is 7.66. The number of benzene rings is 5. The average molecular weight is 490 g/mol. The Labute approximate surface area is 215 Å². The average Bonchev–Trinajstić information content (AvgIpc) is 3.70. The van der Waals surface area contributed by atoms with Gasteiger partial charge in [0.2, 0.25) is 5.71 Å². The van der Waals surface area contributed by atoms with Gasteiger partial charge in [-0.1, -0.05) is 97.1 Å². The summed E-state index contributed by atoms with van der Waals surface area (Å²) < 4.78 is 21.5. The van der Waals surface area contributed by atoms with Gasteiger partial charge in [-0.05, 0) is 23.8 Å². The molecule has 0 aliphatic rings. The number of aromatic nitrogens is 1. The summed E-state index contributed by atoms with van der Waals surface area (Å²) in [4.78, 5) is 0. The zero-order valence-electron chi connectivity index (χ0n) is 20.1. The van der Waals surface area contributed by atoms with Gasteiger partial charge in [0.15, 0.2) is 5.58 Å². The monoisotopic (exact) mass is 489 g/mol. The number of hydrogen-bond acceptors (Lipinski definition) is 3. The van der Waals surface area contributed by atoms with Crippen molar-refractivity contribution in [2.45, 2.75) is 0 Å². The van der Waals surface area contributed by atoms with E-state index in [1.54, 1.807) is 0 Å². The minimum Gasteiger partial charge on any atom is -0.453 e. The Bertz CT molecular complexity index is 2340. The Morgan fingerprint density at radius 3 is 2.08 bits per heavy atom. The molecular weight excluding hydrogens is 470 g/mol. The lowest BCUT2D eigenvalue weighted by molar-refractivity contribution is 0.516. The first-order chi connectivity index (χ1) is 18.9. The highest BCUT2D eigenvalue weighted by molar-refractivity contribution is 6.26. The van der Waals surface area contributed by atoms with E-state index in [9.17, 15) is 0 Å². The summed E-state index contributed by atoms with van der Waals surface area (Å²) in [5.74, 6) is 0.541. The summed E-state index contributed by atoms with van der Waals surface area (Å²) in [5.41, 5.74) is 7.49. The number of nitrogens with zero attached hydrogens (tertiary/aromatic N) is 1. The lowest BCUT2D eigenvalue weighted by atomic mass is 10.0. The molecule has 0 spiro atoms. The number of para-hydroxylation sites is 4. The van der Waals surface area contributed by atoms with Crippen LogP contribution in [0.25, 0.3) is 82.9 Å². The first-order valence-corrected chi connectivity index (χ1v) is 12.7. The molecule has 0 amide bonds. The highest BCUT2D eigenvalue weighted by atomic mass is 16.5. The molecule has 0 aliphatic carbocycles. The van der Waals surface area contributed by atoms with E-state index in [2.05, 4.69) is 95.6 Å². The van der Waals surface area contributed by atoms with Crippen LogP contribution >= 0.6 is 0 Å². The molecule has 38 heavy (non-hydrogen) atoms. The second-order valence-corrected chi connectivity index (χ2v) is 9.70. The number of fused-ring (bicyclic) bond motifs is 10. The van der Waals surface area contributed by atoms with Crippen molar-refractivity contribution in [3.05, 3.63) is 115 Å². The largest absolute Gasteiger partial charge is 0.453 e. The Hall–Kier alpha value is -5.22. The molecule has 0 radical (unpaired) electrons. The summed E-state index contributed by atoms with van der Waals surface area (Å²) in [5, 5.41) is 6.40. The van der Waals surface area contributed by atoms with Gasteiger partial charge in [0.05, 0.1) is 22.0 Å². The van der Waals surface area contributed by atoms with Gasteiger partial charge in [-0.25, -0.2) is 0 Å². The van der Waals surface area contributed by atoms with Crippen LogP contribution in [0.4, 0.5) is 0 Å². The van der Waals surface area contributed by atoms with Gasteiger partial charge in [0.1, 0.15) is 11.2 Å². The van der Waals surface area contributed by atoms with Crippen LogP contribution in [-0.2, 0) is 0 Å². The normalized spacial score (nSPS) is 12.2. The van der Waals surface area contributed by atoms with E-state index in [0.29, 0.717) is 5.78 Å².